The molecule has 24 heavy (non-hydrogen) atoms. The number of benzene rings is 2. The smallest absolute Gasteiger partial charge is 0.265 e. The van der Waals surface area contributed by atoms with E-state index in [9.17, 15) is 17.6 Å². The minimum absolute atomic E-state index is 0.0483. The van der Waals surface area contributed by atoms with Gasteiger partial charge in [-0.3, -0.25) is 4.79 Å². The third-order valence-electron chi connectivity index (χ3n) is 3.02. The maximum absolute atomic E-state index is 13.0. The summed E-state index contributed by atoms with van der Waals surface area (Å²) in [7, 11) is -3.80. The van der Waals surface area contributed by atoms with Crippen molar-refractivity contribution in [3.8, 4) is 5.75 Å². The van der Waals surface area contributed by atoms with Crippen LogP contribution < -0.4 is 15.2 Å². The number of hydrogen-bond donors (Lipinski definition) is 2. The average molecular weight is 373 g/mol. The number of nitrogens with one attached hydrogen (secondary N) is 1. The van der Waals surface area contributed by atoms with Gasteiger partial charge in [0.25, 0.3) is 5.91 Å². The highest BCUT2D eigenvalue weighted by Crippen LogP contribution is 2.26. The molecule has 0 aromatic heterocycles. The number of hydrogen-bond acceptors (Lipinski definition) is 4. The largest absolute Gasteiger partial charge is 0.479 e. The van der Waals surface area contributed by atoms with Crippen molar-refractivity contribution >= 4 is 33.2 Å². The van der Waals surface area contributed by atoms with Crippen molar-refractivity contribution in [1.29, 1.82) is 0 Å². The fourth-order valence-corrected chi connectivity index (χ4v) is 2.51. The SMILES string of the molecule is C[C@@H](Oc1ccc(F)cc1Cl)C(=O)Nc1ccc(S(N)(=O)=O)cc1. The van der Waals surface area contributed by atoms with Gasteiger partial charge in [-0.1, -0.05) is 11.6 Å². The second kappa shape index (κ2) is 7.16. The van der Waals surface area contributed by atoms with E-state index in [4.69, 9.17) is 21.5 Å². The highest BCUT2D eigenvalue weighted by molar-refractivity contribution is 7.89. The predicted molar refractivity (Wildman–Crippen MR) is 87.9 cm³/mol. The van der Waals surface area contributed by atoms with E-state index >= 15 is 0 Å². The van der Waals surface area contributed by atoms with E-state index < -0.39 is 27.9 Å². The van der Waals surface area contributed by atoms with E-state index in [1.165, 1.54) is 37.3 Å². The van der Waals surface area contributed by atoms with Crippen molar-refractivity contribution in [2.75, 3.05) is 5.32 Å². The molecule has 0 bridgehead atoms. The molecule has 0 aliphatic rings. The molecule has 3 N–H and O–H groups in total. The third kappa shape index (κ3) is 4.67. The van der Waals surface area contributed by atoms with Gasteiger partial charge in [0.15, 0.2) is 6.10 Å². The molecule has 0 saturated carbocycles. The second-order valence-corrected chi connectivity index (χ2v) is 6.86. The van der Waals surface area contributed by atoms with Gasteiger partial charge in [0.1, 0.15) is 11.6 Å². The summed E-state index contributed by atoms with van der Waals surface area (Å²) < 4.78 is 40.7. The molecule has 0 spiro atoms. The summed E-state index contributed by atoms with van der Waals surface area (Å²) in [5.74, 6) is -0.830. The average Bonchev–Trinajstić information content (AvgIpc) is 2.49. The van der Waals surface area contributed by atoms with Gasteiger partial charge in [0.2, 0.25) is 10.0 Å². The van der Waals surface area contributed by atoms with E-state index in [0.717, 1.165) is 12.1 Å². The predicted octanol–water partition coefficient (Wildman–Crippen LogP) is 2.53. The van der Waals surface area contributed by atoms with Crippen molar-refractivity contribution in [2.45, 2.75) is 17.9 Å². The first-order valence-electron chi connectivity index (χ1n) is 6.72. The summed E-state index contributed by atoms with van der Waals surface area (Å²) in [6.07, 6.45) is -0.911. The van der Waals surface area contributed by atoms with Gasteiger partial charge in [-0.15, -0.1) is 0 Å². The Hall–Kier alpha value is -2.16. The number of rotatable bonds is 5. The molecule has 2 aromatic rings. The van der Waals surface area contributed by atoms with E-state index in [1.54, 1.807) is 0 Å². The van der Waals surface area contributed by atoms with Gasteiger partial charge in [0, 0.05) is 5.69 Å². The minimum atomic E-state index is -3.80. The zero-order valence-electron chi connectivity index (χ0n) is 12.5. The van der Waals surface area contributed by atoms with Gasteiger partial charge in [-0.05, 0) is 49.4 Å². The molecule has 1 amide bonds. The van der Waals surface area contributed by atoms with Crippen molar-refractivity contribution in [1.82, 2.24) is 0 Å². The van der Waals surface area contributed by atoms with Gasteiger partial charge in [-0.2, -0.15) is 0 Å². The number of anilines is 1. The van der Waals surface area contributed by atoms with Crippen molar-refractivity contribution in [3.63, 3.8) is 0 Å². The number of ether oxygens (including phenoxy) is 1. The van der Waals surface area contributed by atoms with Crippen molar-refractivity contribution in [3.05, 3.63) is 53.3 Å². The molecule has 0 aliphatic carbocycles. The molecule has 0 heterocycles. The van der Waals surface area contributed by atoms with Crippen LogP contribution >= 0.6 is 11.6 Å². The lowest BCUT2D eigenvalue weighted by Gasteiger charge is -2.15. The summed E-state index contributed by atoms with van der Waals surface area (Å²) in [6, 6.07) is 8.90. The molecule has 1 atom stereocenters. The molecule has 6 nitrogen and oxygen atoms in total. The van der Waals surface area contributed by atoms with Crippen LogP contribution in [0.2, 0.25) is 5.02 Å². The number of carbonyl (C=O) groups is 1. The molecule has 0 saturated heterocycles. The molecule has 9 heteroatoms. The summed E-state index contributed by atoms with van der Waals surface area (Å²) in [5, 5.41) is 7.60. The second-order valence-electron chi connectivity index (χ2n) is 4.89. The molecular weight excluding hydrogens is 359 g/mol. The lowest BCUT2D eigenvalue weighted by atomic mass is 10.3. The fraction of sp³-hybridized carbons (Fsp3) is 0.133. The minimum Gasteiger partial charge on any atom is -0.479 e. The normalized spacial score (nSPS) is 12.5. The maximum Gasteiger partial charge on any atom is 0.265 e. The summed E-state index contributed by atoms with van der Waals surface area (Å²) >= 11 is 5.83. The standard InChI is InChI=1S/C15H14ClFN2O4S/c1-9(23-14-7-2-10(17)8-13(14)16)15(20)19-11-3-5-12(6-4-11)24(18,21)22/h2-9H,1H3,(H,19,20)(H2,18,21,22)/t9-/m1/s1. The lowest BCUT2D eigenvalue weighted by Crippen LogP contribution is -2.30. The summed E-state index contributed by atoms with van der Waals surface area (Å²) in [4.78, 5) is 12.0. The Morgan fingerprint density at radius 1 is 1.25 bits per heavy atom. The van der Waals surface area contributed by atoms with Crippen molar-refractivity contribution < 1.29 is 22.3 Å². The Morgan fingerprint density at radius 2 is 1.88 bits per heavy atom. The highest BCUT2D eigenvalue weighted by Gasteiger charge is 2.17. The molecule has 128 valence electrons. The van der Waals surface area contributed by atoms with Crippen LogP contribution in [0, 0.1) is 5.82 Å². The Balaban J connectivity index is 2.03. The monoisotopic (exact) mass is 372 g/mol. The van der Waals surface area contributed by atoms with Crippen LogP contribution in [-0.2, 0) is 14.8 Å². The van der Waals surface area contributed by atoms with E-state index in [2.05, 4.69) is 5.32 Å². The maximum atomic E-state index is 13.0. The summed E-state index contributed by atoms with van der Waals surface area (Å²) in [5.41, 5.74) is 0.369. The van der Waals surface area contributed by atoms with Gasteiger partial charge >= 0.3 is 0 Å². The summed E-state index contributed by atoms with van der Waals surface area (Å²) in [6.45, 7) is 1.49. The first kappa shape index (κ1) is 18.2. The van der Waals surface area contributed by atoms with Gasteiger partial charge in [0.05, 0.1) is 9.92 Å². The molecule has 0 aliphatic heterocycles. The van der Waals surface area contributed by atoms with E-state index in [-0.39, 0.29) is 15.7 Å². The number of carbonyl (C=O) groups excluding carboxylic acids is 1. The lowest BCUT2D eigenvalue weighted by molar-refractivity contribution is -0.122. The zero-order chi connectivity index (χ0) is 17.9. The van der Waals surface area contributed by atoms with Crippen LogP contribution in [0.4, 0.5) is 10.1 Å². The Bertz CT molecular complexity index is 856. The first-order valence-corrected chi connectivity index (χ1v) is 8.64. The van der Waals surface area contributed by atoms with Crippen LogP contribution in [0.3, 0.4) is 0 Å². The molecular formula is C15H14ClFN2O4S. The number of primary sulfonamides is 1. The Kier molecular flexibility index (Phi) is 5.43. The topological polar surface area (TPSA) is 98.5 Å². The zero-order valence-corrected chi connectivity index (χ0v) is 14.1. The fourth-order valence-electron chi connectivity index (χ4n) is 1.79. The molecule has 2 aromatic carbocycles. The molecule has 2 rings (SSSR count). The van der Waals surface area contributed by atoms with Crippen LogP contribution in [0.5, 0.6) is 5.75 Å². The number of amides is 1. The molecule has 0 fully saturated rings. The molecule has 0 unspecified atom stereocenters. The van der Waals surface area contributed by atoms with E-state index in [1.807, 2.05) is 0 Å². The van der Waals surface area contributed by atoms with Crippen LogP contribution in [0.15, 0.2) is 47.4 Å². The third-order valence-corrected chi connectivity index (χ3v) is 4.24. The van der Waals surface area contributed by atoms with Gasteiger partial charge in [-0.25, -0.2) is 17.9 Å². The Labute approximate surface area is 143 Å². The molecule has 0 radical (unpaired) electrons. The Morgan fingerprint density at radius 3 is 2.42 bits per heavy atom. The quantitative estimate of drug-likeness (QED) is 0.842. The van der Waals surface area contributed by atoms with Gasteiger partial charge < -0.3 is 10.1 Å². The van der Waals surface area contributed by atoms with Crippen molar-refractivity contribution in [2.24, 2.45) is 5.14 Å². The first-order chi connectivity index (χ1) is 11.2. The van der Waals surface area contributed by atoms with Crippen LogP contribution in [0.25, 0.3) is 0 Å². The highest BCUT2D eigenvalue weighted by atomic mass is 35.5. The number of halogens is 2. The number of nitrogens with two attached hydrogens (primary N) is 1. The van der Waals surface area contributed by atoms with Crippen LogP contribution in [-0.4, -0.2) is 20.4 Å². The van der Waals surface area contributed by atoms with E-state index in [0.29, 0.717) is 5.69 Å². The number of sulfonamides is 1. The van der Waals surface area contributed by atoms with Crippen LogP contribution in [0.1, 0.15) is 6.92 Å².